The SMILES string of the molecule is CCCCNC(=O)c1ccccc1NC(=O)CN(c1ccccc1C)S(=O)(=O)c1ccc(Cl)cc1. The molecule has 0 fully saturated rings. The Balaban J connectivity index is 1.90. The summed E-state index contributed by atoms with van der Waals surface area (Å²) in [6.45, 7) is 3.84. The van der Waals surface area contributed by atoms with E-state index in [1.54, 1.807) is 55.5 Å². The van der Waals surface area contributed by atoms with Crippen LogP contribution in [-0.4, -0.2) is 33.3 Å². The monoisotopic (exact) mass is 513 g/mol. The molecular formula is C26H28ClN3O4S. The third-order valence-corrected chi connectivity index (χ3v) is 7.36. The van der Waals surface area contributed by atoms with E-state index in [-0.39, 0.29) is 10.8 Å². The van der Waals surface area contributed by atoms with Crippen LogP contribution in [0.4, 0.5) is 11.4 Å². The quantitative estimate of drug-likeness (QED) is 0.372. The van der Waals surface area contributed by atoms with E-state index in [2.05, 4.69) is 10.6 Å². The van der Waals surface area contributed by atoms with Crippen molar-refractivity contribution in [3.05, 3.63) is 88.9 Å². The van der Waals surface area contributed by atoms with Crippen LogP contribution in [0, 0.1) is 6.92 Å². The Hall–Kier alpha value is -3.36. The van der Waals surface area contributed by atoms with Gasteiger partial charge in [0.25, 0.3) is 15.9 Å². The van der Waals surface area contributed by atoms with Crippen LogP contribution in [0.1, 0.15) is 35.7 Å². The van der Waals surface area contributed by atoms with Crippen LogP contribution in [-0.2, 0) is 14.8 Å². The highest BCUT2D eigenvalue weighted by molar-refractivity contribution is 7.92. The number of nitrogens with one attached hydrogen (secondary N) is 2. The number of hydrogen-bond acceptors (Lipinski definition) is 4. The number of rotatable bonds is 10. The number of benzene rings is 3. The number of aryl methyl sites for hydroxylation is 1. The molecule has 9 heteroatoms. The van der Waals surface area contributed by atoms with E-state index in [0.29, 0.717) is 34.1 Å². The average molecular weight is 514 g/mol. The molecule has 0 heterocycles. The summed E-state index contributed by atoms with van der Waals surface area (Å²) in [5, 5.41) is 5.94. The van der Waals surface area contributed by atoms with Crippen molar-refractivity contribution in [1.29, 1.82) is 0 Å². The first-order chi connectivity index (χ1) is 16.7. The van der Waals surface area contributed by atoms with Crippen LogP contribution in [0.2, 0.25) is 5.02 Å². The van der Waals surface area contributed by atoms with Gasteiger partial charge >= 0.3 is 0 Å². The van der Waals surface area contributed by atoms with E-state index in [9.17, 15) is 18.0 Å². The molecule has 0 aliphatic rings. The van der Waals surface area contributed by atoms with Crippen molar-refractivity contribution < 1.29 is 18.0 Å². The lowest BCUT2D eigenvalue weighted by atomic mass is 10.1. The van der Waals surface area contributed by atoms with Gasteiger partial charge in [-0.05, 0) is 61.4 Å². The lowest BCUT2D eigenvalue weighted by Crippen LogP contribution is -2.39. The second kappa shape index (κ2) is 11.9. The van der Waals surface area contributed by atoms with Gasteiger partial charge in [0.05, 0.1) is 21.8 Å². The lowest BCUT2D eigenvalue weighted by Gasteiger charge is -2.25. The molecule has 3 aromatic carbocycles. The third-order valence-electron chi connectivity index (χ3n) is 5.33. The van der Waals surface area contributed by atoms with Crippen molar-refractivity contribution in [3.8, 4) is 0 Å². The van der Waals surface area contributed by atoms with Crippen LogP contribution in [0.15, 0.2) is 77.7 Å². The molecule has 0 saturated carbocycles. The van der Waals surface area contributed by atoms with Crippen molar-refractivity contribution >= 4 is 44.8 Å². The summed E-state index contributed by atoms with van der Waals surface area (Å²) in [6.07, 6.45) is 1.78. The molecule has 3 rings (SSSR count). The molecule has 0 aromatic heterocycles. The van der Waals surface area contributed by atoms with Crippen LogP contribution in [0.5, 0.6) is 0 Å². The fourth-order valence-electron chi connectivity index (χ4n) is 3.46. The molecule has 0 saturated heterocycles. The van der Waals surface area contributed by atoms with E-state index in [1.165, 1.54) is 24.3 Å². The van der Waals surface area contributed by atoms with E-state index in [1.807, 2.05) is 6.92 Å². The Bertz CT molecular complexity index is 1290. The average Bonchev–Trinajstić information content (AvgIpc) is 2.84. The Morgan fingerprint density at radius 2 is 1.60 bits per heavy atom. The Morgan fingerprint density at radius 3 is 2.29 bits per heavy atom. The first kappa shape index (κ1) is 26.2. The molecule has 0 radical (unpaired) electrons. The molecule has 0 atom stereocenters. The van der Waals surface area contributed by atoms with Gasteiger partial charge in [0.2, 0.25) is 5.91 Å². The van der Waals surface area contributed by atoms with Gasteiger partial charge in [0.15, 0.2) is 0 Å². The highest BCUT2D eigenvalue weighted by Gasteiger charge is 2.28. The van der Waals surface area contributed by atoms with Crippen molar-refractivity contribution in [3.63, 3.8) is 0 Å². The normalized spacial score (nSPS) is 11.1. The molecule has 0 aliphatic carbocycles. The van der Waals surface area contributed by atoms with Gasteiger partial charge in [-0.1, -0.05) is 55.3 Å². The molecule has 0 bridgehead atoms. The molecular weight excluding hydrogens is 486 g/mol. The highest BCUT2D eigenvalue weighted by atomic mass is 35.5. The summed E-state index contributed by atoms with van der Waals surface area (Å²) in [7, 11) is -4.09. The number of sulfonamides is 1. The molecule has 0 aliphatic heterocycles. The summed E-state index contributed by atoms with van der Waals surface area (Å²) >= 11 is 5.93. The number of carbonyl (C=O) groups excluding carboxylic acids is 2. The number of anilines is 2. The summed E-state index contributed by atoms with van der Waals surface area (Å²) < 4.78 is 28.2. The number of carbonyl (C=O) groups is 2. The highest BCUT2D eigenvalue weighted by Crippen LogP contribution is 2.27. The maximum Gasteiger partial charge on any atom is 0.264 e. The largest absolute Gasteiger partial charge is 0.352 e. The number of nitrogens with zero attached hydrogens (tertiary/aromatic N) is 1. The van der Waals surface area contributed by atoms with Crippen LogP contribution < -0.4 is 14.9 Å². The topological polar surface area (TPSA) is 95.6 Å². The van der Waals surface area contributed by atoms with Gasteiger partial charge < -0.3 is 10.6 Å². The smallest absolute Gasteiger partial charge is 0.264 e. The minimum Gasteiger partial charge on any atom is -0.352 e. The third kappa shape index (κ3) is 6.61. The van der Waals surface area contributed by atoms with Crippen LogP contribution in [0.3, 0.4) is 0 Å². The number of halogens is 1. The predicted octanol–water partition coefficient (Wildman–Crippen LogP) is 5.01. The zero-order chi connectivity index (χ0) is 25.4. The molecule has 35 heavy (non-hydrogen) atoms. The number of hydrogen-bond donors (Lipinski definition) is 2. The van der Waals surface area contributed by atoms with Crippen LogP contribution in [0.25, 0.3) is 0 Å². The Labute approximate surface area is 211 Å². The molecule has 7 nitrogen and oxygen atoms in total. The Morgan fingerprint density at radius 1 is 0.943 bits per heavy atom. The number of amides is 2. The van der Waals surface area contributed by atoms with Gasteiger partial charge in [0, 0.05) is 11.6 Å². The van der Waals surface area contributed by atoms with Gasteiger partial charge in [0.1, 0.15) is 6.54 Å². The fourth-order valence-corrected chi connectivity index (χ4v) is 5.07. The summed E-state index contributed by atoms with van der Waals surface area (Å²) in [4.78, 5) is 25.7. The van der Waals surface area contributed by atoms with Gasteiger partial charge in [-0.25, -0.2) is 8.42 Å². The molecule has 2 N–H and O–H groups in total. The standard InChI is InChI=1S/C26H28ClN3O4S/c1-3-4-17-28-26(32)22-10-6-7-11-23(22)29-25(31)18-30(24-12-8-5-9-19(24)2)35(33,34)21-15-13-20(27)14-16-21/h5-16H,3-4,17-18H2,1-2H3,(H,28,32)(H,29,31). The minimum atomic E-state index is -4.09. The second-order valence-corrected chi connectivity index (χ2v) is 10.3. The lowest BCUT2D eigenvalue weighted by molar-refractivity contribution is -0.114. The molecule has 184 valence electrons. The van der Waals surface area contributed by atoms with Gasteiger partial charge in [-0.15, -0.1) is 0 Å². The Kier molecular flexibility index (Phi) is 8.89. The van der Waals surface area contributed by atoms with Gasteiger partial charge in [-0.3, -0.25) is 13.9 Å². The fraction of sp³-hybridized carbons (Fsp3) is 0.231. The summed E-state index contributed by atoms with van der Waals surface area (Å²) in [5.41, 5.74) is 1.68. The summed E-state index contributed by atoms with van der Waals surface area (Å²) in [6, 6.07) is 19.3. The van der Waals surface area contributed by atoms with Crippen molar-refractivity contribution in [1.82, 2.24) is 5.32 Å². The first-order valence-electron chi connectivity index (χ1n) is 11.2. The zero-order valence-electron chi connectivity index (χ0n) is 19.6. The van der Waals surface area contributed by atoms with Crippen molar-refractivity contribution in [2.45, 2.75) is 31.6 Å². The summed E-state index contributed by atoms with van der Waals surface area (Å²) in [5.74, 6) is -0.890. The second-order valence-electron chi connectivity index (χ2n) is 7.96. The van der Waals surface area contributed by atoms with Gasteiger partial charge in [-0.2, -0.15) is 0 Å². The molecule has 3 aromatic rings. The molecule has 2 amide bonds. The maximum atomic E-state index is 13.5. The zero-order valence-corrected chi connectivity index (χ0v) is 21.2. The first-order valence-corrected chi connectivity index (χ1v) is 13.1. The van der Waals surface area contributed by atoms with E-state index in [4.69, 9.17) is 11.6 Å². The molecule has 0 spiro atoms. The minimum absolute atomic E-state index is 0.00801. The molecule has 0 unspecified atom stereocenters. The van der Waals surface area contributed by atoms with Crippen LogP contribution >= 0.6 is 11.6 Å². The van der Waals surface area contributed by atoms with E-state index >= 15 is 0 Å². The maximum absolute atomic E-state index is 13.5. The van der Waals surface area contributed by atoms with E-state index in [0.717, 1.165) is 17.1 Å². The van der Waals surface area contributed by atoms with Crippen molar-refractivity contribution in [2.24, 2.45) is 0 Å². The number of para-hydroxylation sites is 2. The van der Waals surface area contributed by atoms with E-state index < -0.39 is 22.5 Å². The van der Waals surface area contributed by atoms with Crippen molar-refractivity contribution in [2.75, 3.05) is 22.7 Å². The number of unbranched alkanes of at least 4 members (excludes halogenated alkanes) is 1. The predicted molar refractivity (Wildman–Crippen MR) is 139 cm³/mol.